The van der Waals surface area contributed by atoms with Crippen molar-refractivity contribution in [2.75, 3.05) is 0 Å². The zero-order valence-electron chi connectivity index (χ0n) is 14.9. The molecule has 0 atom stereocenters. The lowest BCUT2D eigenvalue weighted by atomic mass is 9.98. The number of carbonyl (C=O) groups is 1. The Kier molecular flexibility index (Phi) is 5.19. The van der Waals surface area contributed by atoms with E-state index in [0.717, 1.165) is 6.08 Å². The molecule has 10 heteroatoms. The molecule has 0 saturated carbocycles. The highest BCUT2D eigenvalue weighted by Crippen LogP contribution is 2.32. The molecule has 30 heavy (non-hydrogen) atoms. The van der Waals surface area contributed by atoms with Crippen LogP contribution in [0.5, 0.6) is 11.6 Å². The van der Waals surface area contributed by atoms with Crippen molar-refractivity contribution >= 4 is 57.5 Å². The Morgan fingerprint density at radius 3 is 2.60 bits per heavy atom. The van der Waals surface area contributed by atoms with E-state index in [0.29, 0.717) is 15.2 Å². The van der Waals surface area contributed by atoms with Crippen LogP contribution in [0.1, 0.15) is 15.9 Å². The monoisotopic (exact) mass is 503 g/mol. The van der Waals surface area contributed by atoms with E-state index in [9.17, 15) is 14.7 Å². The molecule has 0 spiro atoms. The van der Waals surface area contributed by atoms with Crippen molar-refractivity contribution in [2.45, 2.75) is 0 Å². The van der Waals surface area contributed by atoms with Gasteiger partial charge in [-0.1, -0.05) is 27.5 Å². The number of Topliss-reactive ketones (excluding diaryl/α,β-unsaturated/α-hetero) is 1. The first-order valence-electron chi connectivity index (χ1n) is 8.43. The number of ether oxygens (including phenoxy) is 1. The average molecular weight is 505 g/mol. The number of halogens is 2. The largest absolute Gasteiger partial charge is 0.494 e. The van der Waals surface area contributed by atoms with Crippen LogP contribution in [0, 0.1) is 10.2 Å². The lowest BCUT2D eigenvalue weighted by molar-refractivity contribution is 0.103. The van der Waals surface area contributed by atoms with E-state index in [-0.39, 0.29) is 27.2 Å². The molecular formula is C20H11BrClN3O4S. The molecule has 2 heterocycles. The number of nitrogens with zero attached hydrogens (tertiary/aromatic N) is 1. The SMILES string of the molecule is N=C1Oc2ccc(Br)cc2C(=O)C1=Cc1c(O)n(-c2ccc(Cl)cc2)c(=S)[nH]c1=O. The summed E-state index contributed by atoms with van der Waals surface area (Å²) in [5.74, 6) is -1.20. The van der Waals surface area contributed by atoms with Gasteiger partial charge in [0.15, 0.2) is 4.77 Å². The van der Waals surface area contributed by atoms with Gasteiger partial charge < -0.3 is 9.84 Å². The van der Waals surface area contributed by atoms with Gasteiger partial charge in [-0.3, -0.25) is 24.5 Å². The molecule has 150 valence electrons. The molecule has 0 radical (unpaired) electrons. The highest BCUT2D eigenvalue weighted by molar-refractivity contribution is 9.10. The second-order valence-electron chi connectivity index (χ2n) is 6.27. The molecule has 4 rings (SSSR count). The highest BCUT2D eigenvalue weighted by Gasteiger charge is 2.29. The maximum atomic E-state index is 12.9. The summed E-state index contributed by atoms with van der Waals surface area (Å²) in [5.41, 5.74) is -0.452. The summed E-state index contributed by atoms with van der Waals surface area (Å²) in [7, 11) is 0. The smallest absolute Gasteiger partial charge is 0.262 e. The van der Waals surface area contributed by atoms with Crippen molar-refractivity contribution < 1.29 is 14.6 Å². The van der Waals surface area contributed by atoms with Crippen LogP contribution >= 0.6 is 39.7 Å². The Hall–Kier alpha value is -3.01. The van der Waals surface area contributed by atoms with Crippen molar-refractivity contribution in [2.24, 2.45) is 0 Å². The van der Waals surface area contributed by atoms with Crippen molar-refractivity contribution in [3.8, 4) is 17.3 Å². The number of ketones is 1. The van der Waals surface area contributed by atoms with Crippen molar-refractivity contribution in [3.63, 3.8) is 0 Å². The Morgan fingerprint density at radius 1 is 1.20 bits per heavy atom. The van der Waals surface area contributed by atoms with Gasteiger partial charge in [0.25, 0.3) is 5.56 Å². The van der Waals surface area contributed by atoms with Crippen LogP contribution < -0.4 is 10.3 Å². The van der Waals surface area contributed by atoms with Gasteiger partial charge >= 0.3 is 0 Å². The zero-order chi connectivity index (χ0) is 21.6. The maximum Gasteiger partial charge on any atom is 0.262 e. The fraction of sp³-hybridized carbons (Fsp3) is 0. The number of benzene rings is 2. The van der Waals surface area contributed by atoms with Crippen LogP contribution in [-0.2, 0) is 0 Å². The van der Waals surface area contributed by atoms with Gasteiger partial charge in [-0.15, -0.1) is 0 Å². The fourth-order valence-electron chi connectivity index (χ4n) is 2.96. The fourth-order valence-corrected chi connectivity index (χ4v) is 3.73. The van der Waals surface area contributed by atoms with E-state index in [4.69, 9.17) is 34.0 Å². The van der Waals surface area contributed by atoms with Gasteiger partial charge in [-0.05, 0) is 60.8 Å². The highest BCUT2D eigenvalue weighted by atomic mass is 79.9. The average Bonchev–Trinajstić information content (AvgIpc) is 2.69. The third-order valence-electron chi connectivity index (χ3n) is 4.38. The Morgan fingerprint density at radius 2 is 1.90 bits per heavy atom. The minimum Gasteiger partial charge on any atom is -0.494 e. The third-order valence-corrected chi connectivity index (χ3v) is 5.41. The maximum absolute atomic E-state index is 12.9. The van der Waals surface area contributed by atoms with Crippen LogP contribution in [0.2, 0.25) is 5.02 Å². The molecule has 7 nitrogen and oxygen atoms in total. The first-order valence-corrected chi connectivity index (χ1v) is 10.0. The number of carbonyl (C=O) groups excluding carboxylic acids is 1. The molecule has 2 aromatic carbocycles. The predicted molar refractivity (Wildman–Crippen MR) is 119 cm³/mol. The summed E-state index contributed by atoms with van der Waals surface area (Å²) in [6, 6.07) is 11.2. The Bertz CT molecular complexity index is 1380. The molecule has 0 unspecified atom stereocenters. The van der Waals surface area contributed by atoms with Gasteiger partial charge in [0.2, 0.25) is 17.6 Å². The summed E-state index contributed by atoms with van der Waals surface area (Å²) in [6.07, 6.45) is 1.11. The first kappa shape index (κ1) is 20.3. The van der Waals surface area contributed by atoms with Crippen LogP contribution in [0.3, 0.4) is 0 Å². The van der Waals surface area contributed by atoms with E-state index >= 15 is 0 Å². The number of fused-ring (bicyclic) bond motifs is 1. The summed E-state index contributed by atoms with van der Waals surface area (Å²) in [6.45, 7) is 0. The quantitative estimate of drug-likeness (QED) is 0.348. The van der Waals surface area contributed by atoms with E-state index in [1.807, 2.05) is 0 Å². The molecule has 3 aromatic rings. The standard InChI is InChI=1S/C20H11BrClN3O4S/c21-9-1-6-15-12(7-9)16(26)13(17(23)29-15)8-14-18(27)24-20(30)25(19(14)28)11-4-2-10(22)3-5-11/h1-8,23,28H,(H,24,27,30). The molecule has 3 N–H and O–H groups in total. The van der Waals surface area contributed by atoms with Crippen LogP contribution in [0.25, 0.3) is 11.8 Å². The third kappa shape index (κ3) is 3.51. The van der Waals surface area contributed by atoms with Crippen LogP contribution in [-0.4, -0.2) is 26.3 Å². The molecule has 0 fully saturated rings. The van der Waals surface area contributed by atoms with Crippen molar-refractivity contribution in [1.82, 2.24) is 9.55 Å². The lowest BCUT2D eigenvalue weighted by Crippen LogP contribution is -2.25. The number of H-pyrrole nitrogens is 1. The predicted octanol–water partition coefficient (Wildman–Crippen LogP) is 4.65. The van der Waals surface area contributed by atoms with E-state index in [1.54, 1.807) is 42.5 Å². The van der Waals surface area contributed by atoms with Gasteiger partial charge in [-0.2, -0.15) is 0 Å². The number of aromatic amines is 1. The number of rotatable bonds is 2. The molecule has 1 aliphatic heterocycles. The topological polar surface area (TPSA) is 108 Å². The number of hydrogen-bond donors (Lipinski definition) is 3. The Labute approximate surface area is 187 Å². The summed E-state index contributed by atoms with van der Waals surface area (Å²) in [4.78, 5) is 27.9. The molecule has 1 aliphatic rings. The van der Waals surface area contributed by atoms with E-state index < -0.39 is 23.1 Å². The second-order valence-corrected chi connectivity index (χ2v) is 8.01. The summed E-state index contributed by atoms with van der Waals surface area (Å²) in [5, 5.41) is 19.3. The number of hydrogen-bond acceptors (Lipinski definition) is 6. The minimum absolute atomic E-state index is 0.0439. The number of aromatic nitrogens is 2. The van der Waals surface area contributed by atoms with Crippen molar-refractivity contribution in [1.29, 1.82) is 5.41 Å². The Balaban J connectivity index is 1.90. The molecular weight excluding hydrogens is 494 g/mol. The van der Waals surface area contributed by atoms with Crippen molar-refractivity contribution in [3.05, 3.63) is 83.8 Å². The van der Waals surface area contributed by atoms with Crippen LogP contribution in [0.15, 0.2) is 57.3 Å². The second kappa shape index (κ2) is 7.67. The van der Waals surface area contributed by atoms with E-state index in [2.05, 4.69) is 20.9 Å². The van der Waals surface area contributed by atoms with E-state index in [1.165, 1.54) is 4.57 Å². The lowest BCUT2D eigenvalue weighted by Gasteiger charge is -2.19. The number of aromatic hydroxyl groups is 1. The summed E-state index contributed by atoms with van der Waals surface area (Å²) < 4.78 is 7.25. The minimum atomic E-state index is -0.712. The molecule has 0 saturated heterocycles. The van der Waals surface area contributed by atoms with Gasteiger partial charge in [0.1, 0.15) is 11.3 Å². The van der Waals surface area contributed by atoms with Gasteiger partial charge in [0.05, 0.1) is 16.8 Å². The molecule has 0 bridgehead atoms. The first-order chi connectivity index (χ1) is 14.3. The van der Waals surface area contributed by atoms with Gasteiger partial charge in [-0.25, -0.2) is 0 Å². The summed E-state index contributed by atoms with van der Waals surface area (Å²) >= 11 is 14.4. The molecule has 0 aliphatic carbocycles. The number of nitrogens with one attached hydrogen (secondary N) is 2. The zero-order valence-corrected chi connectivity index (χ0v) is 18.1. The van der Waals surface area contributed by atoms with Crippen LogP contribution in [0.4, 0.5) is 0 Å². The molecule has 1 aromatic heterocycles. The normalized spacial score (nSPS) is 14.5. The van der Waals surface area contributed by atoms with Gasteiger partial charge in [0, 0.05) is 9.50 Å². The molecule has 0 amide bonds.